The first-order valence-electron chi connectivity index (χ1n) is 8.22. The maximum Gasteiger partial charge on any atom is 0.188 e. The Morgan fingerprint density at radius 3 is 2.46 bits per heavy atom. The van der Waals surface area contributed by atoms with Crippen molar-refractivity contribution in [3.63, 3.8) is 0 Å². The minimum absolute atomic E-state index is 0.266. The van der Waals surface area contributed by atoms with Crippen LogP contribution in [0.1, 0.15) is 11.1 Å². The molecule has 140 valence electrons. The molecular formula is C19H23BrFN3O2. The zero-order valence-corrected chi connectivity index (χ0v) is 16.5. The number of methoxy groups -OCH3 is 2. The number of hydrogen-bond acceptors (Lipinski definition) is 3. The van der Waals surface area contributed by atoms with Crippen molar-refractivity contribution in [3.8, 4) is 11.5 Å². The number of aliphatic imine (C=N–C) groups is 1. The molecule has 0 aliphatic rings. The van der Waals surface area contributed by atoms with Crippen molar-refractivity contribution in [1.82, 2.24) is 5.32 Å². The Hall–Kier alpha value is -2.28. The summed E-state index contributed by atoms with van der Waals surface area (Å²) < 4.78 is 24.2. The first-order valence-corrected chi connectivity index (χ1v) is 9.01. The van der Waals surface area contributed by atoms with Crippen LogP contribution in [-0.2, 0) is 12.8 Å². The maximum atomic E-state index is 13.2. The molecule has 0 heterocycles. The van der Waals surface area contributed by atoms with E-state index in [1.165, 1.54) is 6.07 Å². The van der Waals surface area contributed by atoms with Crippen molar-refractivity contribution >= 4 is 21.9 Å². The van der Waals surface area contributed by atoms with Crippen LogP contribution in [0.3, 0.4) is 0 Å². The number of ether oxygens (including phenoxy) is 2. The van der Waals surface area contributed by atoms with Crippen molar-refractivity contribution in [1.29, 1.82) is 0 Å². The lowest BCUT2D eigenvalue weighted by molar-refractivity contribution is 0.354. The van der Waals surface area contributed by atoms with Crippen LogP contribution in [0.15, 0.2) is 45.9 Å². The second-order valence-corrected chi connectivity index (χ2v) is 6.49. The monoisotopic (exact) mass is 423 g/mol. The van der Waals surface area contributed by atoms with E-state index < -0.39 is 0 Å². The lowest BCUT2D eigenvalue weighted by Crippen LogP contribution is -2.33. The van der Waals surface area contributed by atoms with Gasteiger partial charge in [0.2, 0.25) is 0 Å². The van der Waals surface area contributed by atoms with Crippen molar-refractivity contribution in [2.45, 2.75) is 12.8 Å². The number of rotatable bonds is 8. The Balaban J connectivity index is 1.78. The Labute approximate surface area is 161 Å². The van der Waals surface area contributed by atoms with Crippen LogP contribution < -0.4 is 20.5 Å². The maximum absolute atomic E-state index is 13.2. The summed E-state index contributed by atoms with van der Waals surface area (Å²) in [5.41, 5.74) is 7.99. The van der Waals surface area contributed by atoms with Gasteiger partial charge < -0.3 is 20.5 Å². The van der Waals surface area contributed by atoms with E-state index in [2.05, 4.69) is 26.2 Å². The number of halogens is 2. The van der Waals surface area contributed by atoms with Gasteiger partial charge in [-0.25, -0.2) is 4.39 Å². The standard InChI is InChI=1S/C19H23BrFN3O2/c1-25-17-6-4-14(12-18(17)26-2)8-10-24-19(22)23-9-7-13-3-5-16(21)15(20)11-13/h3-6,11-12H,7-10H2,1-2H3,(H3,22,23,24). The molecule has 0 fully saturated rings. The fourth-order valence-corrected chi connectivity index (χ4v) is 2.85. The molecule has 7 heteroatoms. The van der Waals surface area contributed by atoms with Crippen molar-refractivity contribution in [2.75, 3.05) is 27.3 Å². The topological polar surface area (TPSA) is 68.9 Å². The summed E-state index contributed by atoms with van der Waals surface area (Å²) >= 11 is 3.18. The molecule has 0 bridgehead atoms. The van der Waals surface area contributed by atoms with Crippen LogP contribution >= 0.6 is 15.9 Å². The fraction of sp³-hybridized carbons (Fsp3) is 0.316. The zero-order valence-electron chi connectivity index (χ0n) is 14.9. The molecule has 0 saturated carbocycles. The van der Waals surface area contributed by atoms with Crippen molar-refractivity contribution in [2.24, 2.45) is 10.7 Å². The third kappa shape index (κ3) is 5.91. The van der Waals surface area contributed by atoms with Crippen LogP contribution in [0.5, 0.6) is 11.5 Å². The second-order valence-electron chi connectivity index (χ2n) is 5.63. The van der Waals surface area contributed by atoms with E-state index in [1.807, 2.05) is 18.2 Å². The summed E-state index contributed by atoms with van der Waals surface area (Å²) in [5, 5.41) is 3.07. The van der Waals surface area contributed by atoms with Crippen LogP contribution in [0, 0.1) is 5.82 Å². The molecule has 0 spiro atoms. The Bertz CT molecular complexity index is 768. The smallest absolute Gasteiger partial charge is 0.188 e. The molecule has 2 aromatic carbocycles. The van der Waals surface area contributed by atoms with Gasteiger partial charge in [-0.2, -0.15) is 0 Å². The SMILES string of the molecule is COc1ccc(CCN=C(N)NCCc2ccc(F)c(Br)c2)cc1OC. The van der Waals surface area contributed by atoms with Gasteiger partial charge in [0.05, 0.1) is 18.7 Å². The predicted molar refractivity (Wildman–Crippen MR) is 106 cm³/mol. The second kappa shape index (κ2) is 10.0. The van der Waals surface area contributed by atoms with Crippen LogP contribution in [0.25, 0.3) is 0 Å². The van der Waals surface area contributed by atoms with Gasteiger partial charge in [0.15, 0.2) is 17.5 Å². The van der Waals surface area contributed by atoms with Gasteiger partial charge in [0.25, 0.3) is 0 Å². The molecule has 2 rings (SSSR count). The summed E-state index contributed by atoms with van der Waals surface area (Å²) in [5.74, 6) is 1.53. The van der Waals surface area contributed by atoms with Crippen LogP contribution in [-0.4, -0.2) is 33.3 Å². The molecule has 0 radical (unpaired) electrons. The molecule has 0 amide bonds. The number of benzene rings is 2. The highest BCUT2D eigenvalue weighted by Gasteiger charge is 2.04. The molecule has 0 aromatic heterocycles. The van der Waals surface area contributed by atoms with Gasteiger partial charge in [-0.15, -0.1) is 0 Å². The highest BCUT2D eigenvalue weighted by molar-refractivity contribution is 9.10. The number of nitrogens with zero attached hydrogens (tertiary/aromatic N) is 1. The van der Waals surface area contributed by atoms with Crippen molar-refractivity contribution < 1.29 is 13.9 Å². The molecule has 0 aliphatic heterocycles. The zero-order chi connectivity index (χ0) is 18.9. The Morgan fingerprint density at radius 1 is 1.08 bits per heavy atom. The highest BCUT2D eigenvalue weighted by atomic mass is 79.9. The summed E-state index contributed by atoms with van der Waals surface area (Å²) in [6.45, 7) is 1.19. The van der Waals surface area contributed by atoms with E-state index in [9.17, 15) is 4.39 Å². The van der Waals surface area contributed by atoms with Gasteiger partial charge in [-0.05, 0) is 64.2 Å². The van der Waals surface area contributed by atoms with E-state index in [1.54, 1.807) is 26.4 Å². The van der Waals surface area contributed by atoms with Gasteiger partial charge >= 0.3 is 0 Å². The first-order chi connectivity index (χ1) is 12.5. The minimum atomic E-state index is -0.266. The number of nitrogens with two attached hydrogens (primary N) is 1. The van der Waals surface area contributed by atoms with Gasteiger partial charge in [0.1, 0.15) is 5.82 Å². The third-order valence-electron chi connectivity index (χ3n) is 3.83. The molecule has 0 unspecified atom stereocenters. The number of guanidine groups is 1. The summed E-state index contributed by atoms with van der Waals surface area (Å²) in [6.07, 6.45) is 1.47. The molecule has 0 saturated heterocycles. The van der Waals surface area contributed by atoms with Crippen LogP contribution in [0.4, 0.5) is 4.39 Å². The lowest BCUT2D eigenvalue weighted by atomic mass is 10.1. The largest absolute Gasteiger partial charge is 0.493 e. The average Bonchev–Trinajstić information content (AvgIpc) is 2.64. The van der Waals surface area contributed by atoms with E-state index in [-0.39, 0.29) is 5.82 Å². The van der Waals surface area contributed by atoms with E-state index in [0.717, 1.165) is 24.0 Å². The molecule has 2 aromatic rings. The van der Waals surface area contributed by atoms with Gasteiger partial charge in [-0.1, -0.05) is 12.1 Å². The average molecular weight is 424 g/mol. The summed E-state index contributed by atoms with van der Waals surface area (Å²) in [6, 6.07) is 10.8. The van der Waals surface area contributed by atoms with Gasteiger partial charge in [0, 0.05) is 13.1 Å². The van der Waals surface area contributed by atoms with Crippen LogP contribution in [0.2, 0.25) is 0 Å². The number of hydrogen-bond donors (Lipinski definition) is 2. The lowest BCUT2D eigenvalue weighted by Gasteiger charge is -2.09. The third-order valence-corrected chi connectivity index (χ3v) is 4.44. The Morgan fingerprint density at radius 2 is 1.77 bits per heavy atom. The predicted octanol–water partition coefficient (Wildman–Crippen LogP) is 3.29. The normalized spacial score (nSPS) is 11.3. The van der Waals surface area contributed by atoms with Gasteiger partial charge in [-0.3, -0.25) is 4.99 Å². The summed E-state index contributed by atoms with van der Waals surface area (Å²) in [7, 11) is 3.22. The molecule has 0 atom stereocenters. The molecule has 3 N–H and O–H groups in total. The number of nitrogens with one attached hydrogen (secondary N) is 1. The quantitative estimate of drug-likeness (QED) is 0.504. The Kier molecular flexibility index (Phi) is 7.72. The van der Waals surface area contributed by atoms with E-state index in [0.29, 0.717) is 35.0 Å². The molecule has 0 aliphatic carbocycles. The molecule has 26 heavy (non-hydrogen) atoms. The van der Waals surface area contributed by atoms with Crippen molar-refractivity contribution in [3.05, 3.63) is 57.8 Å². The highest BCUT2D eigenvalue weighted by Crippen LogP contribution is 2.27. The van der Waals surface area contributed by atoms with E-state index in [4.69, 9.17) is 15.2 Å². The summed E-state index contributed by atoms with van der Waals surface area (Å²) in [4.78, 5) is 4.32. The first kappa shape index (κ1) is 20.0. The minimum Gasteiger partial charge on any atom is -0.493 e. The molecular weight excluding hydrogens is 401 g/mol. The van der Waals surface area contributed by atoms with E-state index >= 15 is 0 Å². The fourth-order valence-electron chi connectivity index (χ4n) is 2.43. The molecule has 5 nitrogen and oxygen atoms in total.